The molecule has 0 fully saturated rings. The van der Waals surface area contributed by atoms with Crippen molar-refractivity contribution in [2.75, 3.05) is 14.2 Å². The normalized spacial score (nSPS) is 12.1. The smallest absolute Gasteiger partial charge is 0.109 e. The lowest BCUT2D eigenvalue weighted by Gasteiger charge is -1.92. The Morgan fingerprint density at radius 2 is 2.27 bits per heavy atom. The van der Waals surface area contributed by atoms with Crippen LogP contribution in [0.25, 0.3) is 0 Å². The fourth-order valence-electron chi connectivity index (χ4n) is 0.452. The molecule has 62 valence electrons. The van der Waals surface area contributed by atoms with Gasteiger partial charge >= 0.3 is 0 Å². The van der Waals surface area contributed by atoms with Gasteiger partial charge in [-0.15, -0.1) is 0 Å². The van der Waals surface area contributed by atoms with Crippen LogP contribution < -0.4 is 5.32 Å². The van der Waals surface area contributed by atoms with Gasteiger partial charge in [0.2, 0.25) is 0 Å². The Kier molecular flexibility index (Phi) is 5.78. The summed E-state index contributed by atoms with van der Waals surface area (Å²) in [6.07, 6.45) is 4.85. The van der Waals surface area contributed by atoms with Crippen LogP contribution in [0.5, 0.6) is 0 Å². The number of rotatable bonds is 4. The van der Waals surface area contributed by atoms with Gasteiger partial charge in [-0.25, -0.2) is 0 Å². The minimum absolute atomic E-state index is 0.393. The van der Waals surface area contributed by atoms with E-state index in [0.29, 0.717) is 5.71 Å². The Morgan fingerprint density at radius 1 is 1.64 bits per heavy atom. The second kappa shape index (κ2) is 6.12. The third-order valence-electron chi connectivity index (χ3n) is 0.941. The lowest BCUT2D eigenvalue weighted by atomic mass is 10.3. The number of nitrogens with two attached hydrogens (primary N) is 1. The van der Waals surface area contributed by atoms with E-state index in [-0.39, 0.29) is 0 Å². The largest absolute Gasteiger partial charge is 0.504 e. The molecule has 0 radical (unpaired) electrons. The Labute approximate surface area is 74.8 Å². The molecule has 0 bridgehead atoms. The van der Waals surface area contributed by atoms with Crippen LogP contribution in [0.3, 0.4) is 0 Å². The molecule has 3 nitrogen and oxygen atoms in total. The van der Waals surface area contributed by atoms with E-state index in [1.54, 1.807) is 13.2 Å². The molecule has 0 amide bonds. The van der Waals surface area contributed by atoms with E-state index in [0.717, 1.165) is 4.48 Å². The Balaban J connectivity index is 4.03. The lowest BCUT2D eigenvalue weighted by molar-refractivity contribution is -0.556. The molecule has 0 aliphatic rings. The van der Waals surface area contributed by atoms with E-state index in [9.17, 15) is 0 Å². The third kappa shape index (κ3) is 4.75. The summed E-state index contributed by atoms with van der Waals surface area (Å²) in [7, 11) is 3.45. The average molecular weight is 220 g/mol. The van der Waals surface area contributed by atoms with Crippen LogP contribution in [0.2, 0.25) is 0 Å². The lowest BCUT2D eigenvalue weighted by Crippen LogP contribution is -2.73. The molecule has 0 aromatic heterocycles. The summed E-state index contributed by atoms with van der Waals surface area (Å²) in [4.78, 5) is 0. The molecule has 0 spiro atoms. The Morgan fingerprint density at radius 3 is 2.73 bits per heavy atom. The minimum Gasteiger partial charge on any atom is -0.504 e. The van der Waals surface area contributed by atoms with Crippen molar-refractivity contribution < 1.29 is 10.1 Å². The zero-order valence-corrected chi connectivity index (χ0v) is 8.18. The molecule has 0 aliphatic heterocycles. The first-order chi connectivity index (χ1) is 5.22. The summed E-state index contributed by atoms with van der Waals surface area (Å²) in [6, 6.07) is 0. The quantitative estimate of drug-likeness (QED) is 0.528. The number of methoxy groups -OCH3 is 1. The van der Waals surface area contributed by atoms with E-state index in [1.165, 1.54) is 6.26 Å². The van der Waals surface area contributed by atoms with Crippen LogP contribution in [-0.2, 0) is 4.74 Å². The SMILES string of the molecule is C[NH2+]/C=C(/Br)C(=N)/C=C/OC. The van der Waals surface area contributed by atoms with Crippen molar-refractivity contribution in [2.24, 2.45) is 0 Å². The van der Waals surface area contributed by atoms with Crippen molar-refractivity contribution in [1.82, 2.24) is 0 Å². The predicted octanol–water partition coefficient (Wildman–Crippen LogP) is 0.596. The maximum atomic E-state index is 7.40. The Bertz CT molecular complexity index is 187. The van der Waals surface area contributed by atoms with Crippen molar-refractivity contribution in [2.45, 2.75) is 0 Å². The molecular formula is C7H12BrN2O+. The van der Waals surface area contributed by atoms with Gasteiger partial charge in [0.15, 0.2) is 0 Å². The molecule has 0 aromatic carbocycles. The molecule has 0 atom stereocenters. The number of halogens is 1. The zero-order valence-electron chi connectivity index (χ0n) is 6.60. The fourth-order valence-corrected chi connectivity index (χ4v) is 0.848. The average Bonchev–Trinajstić information content (AvgIpc) is 2.00. The fraction of sp³-hybridized carbons (Fsp3) is 0.286. The highest BCUT2D eigenvalue weighted by molar-refractivity contribution is 9.12. The predicted molar refractivity (Wildman–Crippen MR) is 48.7 cm³/mol. The molecule has 0 aromatic rings. The van der Waals surface area contributed by atoms with Gasteiger partial charge in [0.05, 0.1) is 30.6 Å². The van der Waals surface area contributed by atoms with Crippen LogP contribution in [-0.4, -0.2) is 19.9 Å². The molecule has 0 saturated carbocycles. The molecule has 0 saturated heterocycles. The molecule has 0 heterocycles. The van der Waals surface area contributed by atoms with E-state index >= 15 is 0 Å². The first kappa shape index (κ1) is 10.4. The van der Waals surface area contributed by atoms with Crippen molar-refractivity contribution in [3.8, 4) is 0 Å². The van der Waals surface area contributed by atoms with Gasteiger partial charge in [0.1, 0.15) is 6.20 Å². The standard InChI is InChI=1S/C7H11BrN2O/c1-10-5-6(8)7(9)3-4-11-2/h3-5,9-10H,1-2H3/p+1/b4-3+,6-5+,9-7?. The van der Waals surface area contributed by atoms with Gasteiger partial charge in [-0.3, -0.25) is 5.41 Å². The van der Waals surface area contributed by atoms with Crippen LogP contribution in [0.4, 0.5) is 0 Å². The first-order valence-electron chi connectivity index (χ1n) is 3.15. The van der Waals surface area contributed by atoms with Crippen LogP contribution >= 0.6 is 15.9 Å². The summed E-state index contributed by atoms with van der Waals surface area (Å²) in [5, 5.41) is 9.26. The molecule has 4 heteroatoms. The Hall–Kier alpha value is -0.610. The summed E-state index contributed by atoms with van der Waals surface area (Å²) in [6.45, 7) is 0. The number of hydrogen-bond acceptors (Lipinski definition) is 2. The highest BCUT2D eigenvalue weighted by Gasteiger charge is 1.96. The zero-order chi connectivity index (χ0) is 8.69. The second-order valence-electron chi connectivity index (χ2n) is 1.80. The van der Waals surface area contributed by atoms with Gasteiger partial charge < -0.3 is 10.1 Å². The molecule has 0 rings (SSSR count). The number of ether oxygens (including phenoxy) is 1. The molecule has 0 unspecified atom stereocenters. The number of nitrogens with one attached hydrogen (secondary N) is 1. The van der Waals surface area contributed by atoms with Crippen molar-refractivity contribution in [3.05, 3.63) is 23.0 Å². The van der Waals surface area contributed by atoms with Crippen molar-refractivity contribution in [1.29, 1.82) is 5.41 Å². The highest BCUT2D eigenvalue weighted by atomic mass is 79.9. The van der Waals surface area contributed by atoms with Gasteiger partial charge in [-0.1, -0.05) is 0 Å². The van der Waals surface area contributed by atoms with E-state index in [4.69, 9.17) is 5.41 Å². The second-order valence-corrected chi connectivity index (χ2v) is 2.65. The number of hydrogen-bond donors (Lipinski definition) is 2. The summed E-state index contributed by atoms with van der Waals surface area (Å²) in [5.41, 5.74) is 0.393. The van der Waals surface area contributed by atoms with E-state index in [1.807, 2.05) is 18.6 Å². The highest BCUT2D eigenvalue weighted by Crippen LogP contribution is 2.04. The summed E-state index contributed by atoms with van der Waals surface area (Å²) >= 11 is 3.23. The van der Waals surface area contributed by atoms with Gasteiger partial charge in [0, 0.05) is 0 Å². The van der Waals surface area contributed by atoms with Crippen molar-refractivity contribution >= 4 is 21.6 Å². The molecular weight excluding hydrogens is 208 g/mol. The van der Waals surface area contributed by atoms with Gasteiger partial charge in [0.25, 0.3) is 0 Å². The van der Waals surface area contributed by atoms with Crippen LogP contribution in [0.1, 0.15) is 0 Å². The molecule has 11 heavy (non-hydrogen) atoms. The molecule has 0 aliphatic carbocycles. The van der Waals surface area contributed by atoms with Crippen molar-refractivity contribution in [3.63, 3.8) is 0 Å². The van der Waals surface area contributed by atoms with E-state index < -0.39 is 0 Å². The van der Waals surface area contributed by atoms with Gasteiger partial charge in [-0.2, -0.15) is 0 Å². The third-order valence-corrected chi connectivity index (χ3v) is 1.63. The minimum atomic E-state index is 0.393. The number of quaternary nitrogens is 1. The molecule has 3 N–H and O–H groups in total. The summed E-state index contributed by atoms with van der Waals surface area (Å²) < 4.78 is 5.40. The maximum absolute atomic E-state index is 7.40. The first-order valence-corrected chi connectivity index (χ1v) is 3.95. The monoisotopic (exact) mass is 219 g/mol. The van der Waals surface area contributed by atoms with Crippen LogP contribution in [0, 0.1) is 5.41 Å². The summed E-state index contributed by atoms with van der Waals surface area (Å²) in [5.74, 6) is 0. The van der Waals surface area contributed by atoms with E-state index in [2.05, 4.69) is 20.7 Å². The maximum Gasteiger partial charge on any atom is 0.109 e. The number of allylic oxidation sites excluding steroid dienone is 2. The van der Waals surface area contributed by atoms with Gasteiger partial charge in [-0.05, 0) is 22.0 Å². The van der Waals surface area contributed by atoms with Crippen LogP contribution in [0.15, 0.2) is 23.0 Å². The topological polar surface area (TPSA) is 49.7 Å².